The van der Waals surface area contributed by atoms with E-state index in [0.29, 0.717) is 0 Å². The fourth-order valence-corrected chi connectivity index (χ4v) is 1.11. The van der Waals surface area contributed by atoms with E-state index >= 15 is 0 Å². The van der Waals surface area contributed by atoms with Crippen LogP contribution in [0.4, 0.5) is 0 Å². The monoisotopic (exact) mass is 152 g/mol. The third-order valence-electron chi connectivity index (χ3n) is 2.52. The Hall–Kier alpha value is -0.440. The highest BCUT2D eigenvalue weighted by atomic mass is 14.1. The summed E-state index contributed by atoms with van der Waals surface area (Å²) in [6, 6.07) is 0. The Morgan fingerprint density at radius 2 is 1.82 bits per heavy atom. The minimum absolute atomic E-state index is 0.834. The second kappa shape index (κ2) is 6.28. The Labute approximate surface area is 71.4 Å². The summed E-state index contributed by atoms with van der Waals surface area (Å²) in [6.07, 6.45) is 3.62. The quantitative estimate of drug-likeness (QED) is 0.541. The summed E-state index contributed by atoms with van der Waals surface area (Å²) < 4.78 is 0. The van der Waals surface area contributed by atoms with Gasteiger partial charge in [0.05, 0.1) is 0 Å². The van der Waals surface area contributed by atoms with Gasteiger partial charge in [-0.05, 0) is 25.2 Å². The zero-order valence-corrected chi connectivity index (χ0v) is 8.28. The molecule has 0 N–H and O–H groups in total. The summed E-state index contributed by atoms with van der Waals surface area (Å²) in [7, 11) is 0. The lowest BCUT2D eigenvalue weighted by Crippen LogP contribution is -2.05. The van der Waals surface area contributed by atoms with Gasteiger partial charge in [-0.25, -0.2) is 0 Å². The molecule has 0 radical (unpaired) electrons. The molecular weight excluding hydrogens is 132 g/mol. The van der Waals surface area contributed by atoms with Gasteiger partial charge in [0.15, 0.2) is 0 Å². The molecule has 2 atom stereocenters. The van der Waals surface area contributed by atoms with Crippen molar-refractivity contribution in [2.75, 3.05) is 0 Å². The van der Waals surface area contributed by atoms with Crippen molar-refractivity contribution in [3.8, 4) is 11.8 Å². The first-order valence-electron chi connectivity index (χ1n) is 4.62. The Balaban J connectivity index is 3.48. The Bertz CT molecular complexity index is 136. The molecule has 0 saturated carbocycles. The number of rotatable bonds is 4. The first kappa shape index (κ1) is 10.6. The van der Waals surface area contributed by atoms with Crippen molar-refractivity contribution in [1.82, 2.24) is 0 Å². The smallest absolute Gasteiger partial charge is 0.00912 e. The third kappa shape index (κ3) is 4.90. The molecule has 0 fully saturated rings. The predicted molar refractivity (Wildman–Crippen MR) is 51.3 cm³/mol. The summed E-state index contributed by atoms with van der Waals surface area (Å²) in [5.41, 5.74) is 0. The normalized spacial score (nSPS) is 14.9. The zero-order chi connectivity index (χ0) is 8.69. The maximum atomic E-state index is 3.11. The van der Waals surface area contributed by atoms with Gasteiger partial charge in [0.25, 0.3) is 0 Å². The SMILES string of the molecule is CC#CCCC(C)C(C)CC. The summed E-state index contributed by atoms with van der Waals surface area (Å²) in [5.74, 6) is 7.73. The Morgan fingerprint density at radius 1 is 1.18 bits per heavy atom. The molecule has 0 nitrogen and oxygen atoms in total. The molecule has 0 aliphatic carbocycles. The van der Waals surface area contributed by atoms with Crippen LogP contribution in [-0.4, -0.2) is 0 Å². The molecule has 0 aromatic carbocycles. The molecule has 0 aromatic heterocycles. The van der Waals surface area contributed by atoms with Crippen molar-refractivity contribution in [3.63, 3.8) is 0 Å². The molecule has 0 amide bonds. The van der Waals surface area contributed by atoms with E-state index in [4.69, 9.17) is 0 Å². The topological polar surface area (TPSA) is 0 Å². The van der Waals surface area contributed by atoms with Crippen molar-refractivity contribution in [2.45, 2.75) is 47.0 Å². The van der Waals surface area contributed by atoms with Gasteiger partial charge in [-0.15, -0.1) is 11.8 Å². The lowest BCUT2D eigenvalue weighted by atomic mass is 9.90. The van der Waals surface area contributed by atoms with E-state index in [2.05, 4.69) is 32.6 Å². The molecule has 0 bridgehead atoms. The van der Waals surface area contributed by atoms with Crippen LogP contribution in [0, 0.1) is 23.7 Å². The largest absolute Gasteiger partial charge is 0.107 e. The molecule has 64 valence electrons. The molecule has 0 aliphatic rings. The summed E-state index contributed by atoms with van der Waals surface area (Å²) in [5, 5.41) is 0. The molecule has 0 aliphatic heterocycles. The van der Waals surface area contributed by atoms with Crippen LogP contribution in [0.5, 0.6) is 0 Å². The van der Waals surface area contributed by atoms with Crippen LogP contribution in [0.3, 0.4) is 0 Å². The van der Waals surface area contributed by atoms with Crippen LogP contribution in [0.1, 0.15) is 47.0 Å². The fraction of sp³-hybridized carbons (Fsp3) is 0.818. The molecule has 2 unspecified atom stereocenters. The minimum atomic E-state index is 0.834. The molecule has 11 heavy (non-hydrogen) atoms. The second-order valence-corrected chi connectivity index (χ2v) is 3.33. The van der Waals surface area contributed by atoms with E-state index in [0.717, 1.165) is 18.3 Å². The molecule has 0 rings (SSSR count). The number of hydrogen-bond acceptors (Lipinski definition) is 0. The molecule has 0 spiro atoms. The number of hydrogen-bond donors (Lipinski definition) is 0. The lowest BCUT2D eigenvalue weighted by molar-refractivity contribution is 0.359. The first-order valence-corrected chi connectivity index (χ1v) is 4.62. The van der Waals surface area contributed by atoms with Gasteiger partial charge >= 0.3 is 0 Å². The van der Waals surface area contributed by atoms with Crippen LogP contribution in [0.2, 0.25) is 0 Å². The van der Waals surface area contributed by atoms with Gasteiger partial charge in [-0.1, -0.05) is 27.2 Å². The standard InChI is InChI=1S/C11H20/c1-5-7-8-9-11(4)10(3)6-2/h10-11H,6,8-9H2,1-4H3. The van der Waals surface area contributed by atoms with Gasteiger partial charge in [0.2, 0.25) is 0 Å². The van der Waals surface area contributed by atoms with E-state index in [-0.39, 0.29) is 0 Å². The Morgan fingerprint density at radius 3 is 2.27 bits per heavy atom. The van der Waals surface area contributed by atoms with Crippen molar-refractivity contribution >= 4 is 0 Å². The lowest BCUT2D eigenvalue weighted by Gasteiger charge is -2.16. The van der Waals surface area contributed by atoms with E-state index in [9.17, 15) is 0 Å². The molecular formula is C11H20. The van der Waals surface area contributed by atoms with Crippen molar-refractivity contribution in [3.05, 3.63) is 0 Å². The third-order valence-corrected chi connectivity index (χ3v) is 2.52. The first-order chi connectivity index (χ1) is 5.22. The van der Waals surface area contributed by atoms with Crippen LogP contribution < -0.4 is 0 Å². The van der Waals surface area contributed by atoms with E-state index in [1.54, 1.807) is 0 Å². The van der Waals surface area contributed by atoms with Gasteiger partial charge in [0.1, 0.15) is 0 Å². The van der Waals surface area contributed by atoms with Gasteiger partial charge in [-0.3, -0.25) is 0 Å². The van der Waals surface area contributed by atoms with Crippen LogP contribution >= 0.6 is 0 Å². The van der Waals surface area contributed by atoms with E-state index in [1.165, 1.54) is 12.8 Å². The van der Waals surface area contributed by atoms with Gasteiger partial charge < -0.3 is 0 Å². The second-order valence-electron chi connectivity index (χ2n) is 3.33. The Kier molecular flexibility index (Phi) is 6.03. The average molecular weight is 152 g/mol. The summed E-state index contributed by atoms with van der Waals surface area (Å²) in [6.45, 7) is 8.82. The highest BCUT2D eigenvalue weighted by Crippen LogP contribution is 2.18. The van der Waals surface area contributed by atoms with Crippen molar-refractivity contribution < 1.29 is 0 Å². The predicted octanol–water partition coefficient (Wildman–Crippen LogP) is 3.47. The van der Waals surface area contributed by atoms with Gasteiger partial charge in [-0.2, -0.15) is 0 Å². The minimum Gasteiger partial charge on any atom is -0.107 e. The highest BCUT2D eigenvalue weighted by molar-refractivity contribution is 4.94. The maximum Gasteiger partial charge on any atom is 0.00912 e. The van der Waals surface area contributed by atoms with E-state index < -0.39 is 0 Å². The maximum absolute atomic E-state index is 3.11. The molecule has 0 heteroatoms. The van der Waals surface area contributed by atoms with Crippen molar-refractivity contribution in [1.29, 1.82) is 0 Å². The van der Waals surface area contributed by atoms with Crippen LogP contribution in [-0.2, 0) is 0 Å². The molecule has 0 saturated heterocycles. The molecule has 0 heterocycles. The molecule has 0 aromatic rings. The highest BCUT2D eigenvalue weighted by Gasteiger charge is 2.08. The summed E-state index contributed by atoms with van der Waals surface area (Å²) in [4.78, 5) is 0. The van der Waals surface area contributed by atoms with Gasteiger partial charge in [0, 0.05) is 6.42 Å². The average Bonchev–Trinajstić information content (AvgIpc) is 2.03. The zero-order valence-electron chi connectivity index (χ0n) is 8.28. The van der Waals surface area contributed by atoms with Crippen molar-refractivity contribution in [2.24, 2.45) is 11.8 Å². The van der Waals surface area contributed by atoms with E-state index in [1.807, 2.05) is 6.92 Å². The summed E-state index contributed by atoms with van der Waals surface area (Å²) >= 11 is 0. The van der Waals surface area contributed by atoms with Crippen LogP contribution in [0.15, 0.2) is 0 Å². The van der Waals surface area contributed by atoms with Crippen LogP contribution in [0.25, 0.3) is 0 Å². The fourth-order valence-electron chi connectivity index (χ4n) is 1.11.